The fraction of sp³-hybridized carbons (Fsp3) is 0.429. The van der Waals surface area contributed by atoms with Gasteiger partial charge in [0.25, 0.3) is 5.91 Å². The zero-order valence-corrected chi connectivity index (χ0v) is 21.8. The van der Waals surface area contributed by atoms with E-state index < -0.39 is 0 Å². The number of amides is 2. The van der Waals surface area contributed by atoms with Gasteiger partial charge in [-0.25, -0.2) is 0 Å². The maximum absolute atomic E-state index is 13.5. The fourth-order valence-corrected chi connectivity index (χ4v) is 3.84. The first-order valence-corrected chi connectivity index (χ1v) is 12.2. The van der Waals surface area contributed by atoms with Crippen molar-refractivity contribution in [2.24, 2.45) is 5.92 Å². The van der Waals surface area contributed by atoms with E-state index in [-0.39, 0.29) is 24.1 Å². The number of hydrogen-bond donors (Lipinski definition) is 0. The maximum Gasteiger partial charge on any atom is 0.290 e. The molecule has 0 aliphatic carbocycles. The van der Waals surface area contributed by atoms with E-state index in [1.807, 2.05) is 37.3 Å². The fourth-order valence-electron chi connectivity index (χ4n) is 3.84. The highest BCUT2D eigenvalue weighted by Crippen LogP contribution is 2.28. The van der Waals surface area contributed by atoms with Gasteiger partial charge >= 0.3 is 0 Å². The van der Waals surface area contributed by atoms with Gasteiger partial charge in [0.15, 0.2) is 17.3 Å². The summed E-state index contributed by atoms with van der Waals surface area (Å²) in [7, 11) is 3.19. The summed E-state index contributed by atoms with van der Waals surface area (Å²) in [5.41, 5.74) is 1.00. The summed E-state index contributed by atoms with van der Waals surface area (Å²) in [6.45, 7) is 7.23. The molecular weight excluding hydrogens is 460 g/mol. The molecule has 36 heavy (non-hydrogen) atoms. The number of furan rings is 2. The molecule has 0 aliphatic heterocycles. The number of carbonyl (C=O) groups is 2. The predicted octanol–water partition coefficient (Wildman–Crippen LogP) is 4.96. The highest BCUT2D eigenvalue weighted by atomic mass is 16.5. The summed E-state index contributed by atoms with van der Waals surface area (Å²) in [6, 6.07) is 12.8. The van der Waals surface area contributed by atoms with Crippen LogP contribution in [0.2, 0.25) is 0 Å². The first-order valence-electron chi connectivity index (χ1n) is 12.2. The molecule has 0 spiro atoms. The second kappa shape index (κ2) is 12.9. The van der Waals surface area contributed by atoms with Crippen molar-refractivity contribution in [1.82, 2.24) is 9.80 Å². The van der Waals surface area contributed by atoms with Crippen LogP contribution in [0, 0.1) is 12.8 Å². The molecule has 0 N–H and O–H groups in total. The minimum absolute atomic E-state index is 0.0438. The molecule has 0 saturated carbocycles. The van der Waals surface area contributed by atoms with Crippen molar-refractivity contribution < 1.29 is 27.9 Å². The third-order valence-electron chi connectivity index (χ3n) is 5.94. The van der Waals surface area contributed by atoms with Crippen LogP contribution in [-0.4, -0.2) is 55.5 Å². The Morgan fingerprint density at radius 2 is 1.75 bits per heavy atom. The van der Waals surface area contributed by atoms with Crippen LogP contribution >= 0.6 is 0 Å². The summed E-state index contributed by atoms with van der Waals surface area (Å²) in [5, 5.41) is 0. The van der Waals surface area contributed by atoms with Crippen molar-refractivity contribution in [2.75, 3.05) is 33.9 Å². The lowest BCUT2D eigenvalue weighted by Crippen LogP contribution is -2.44. The Kier molecular flexibility index (Phi) is 9.61. The number of carbonyl (C=O) groups excluding carboxylic acids is 2. The van der Waals surface area contributed by atoms with Crippen LogP contribution in [-0.2, 0) is 17.8 Å². The van der Waals surface area contributed by atoms with Gasteiger partial charge in [-0.3, -0.25) is 9.59 Å². The summed E-state index contributed by atoms with van der Waals surface area (Å²) in [6.07, 6.45) is 2.84. The van der Waals surface area contributed by atoms with E-state index >= 15 is 0 Å². The largest absolute Gasteiger partial charge is 0.493 e. The van der Waals surface area contributed by atoms with Gasteiger partial charge in [-0.2, -0.15) is 0 Å². The first kappa shape index (κ1) is 26.9. The zero-order valence-electron chi connectivity index (χ0n) is 21.8. The molecule has 0 bridgehead atoms. The number of ether oxygens (including phenoxy) is 2. The van der Waals surface area contributed by atoms with Crippen molar-refractivity contribution in [1.29, 1.82) is 0 Å². The van der Waals surface area contributed by atoms with Crippen LogP contribution in [0.1, 0.15) is 47.9 Å². The SMILES string of the molecule is COc1ccc(CCN(Cc2ccc(C)o2)C(=O)CN(CCC(C)C)C(=O)c2ccco2)cc1OC. The molecule has 0 radical (unpaired) electrons. The van der Waals surface area contributed by atoms with Crippen LogP contribution in [0.5, 0.6) is 11.5 Å². The van der Waals surface area contributed by atoms with E-state index in [0.29, 0.717) is 49.2 Å². The van der Waals surface area contributed by atoms with Gasteiger partial charge in [0.05, 0.1) is 27.0 Å². The average Bonchev–Trinajstić information content (AvgIpc) is 3.55. The predicted molar refractivity (Wildman–Crippen MR) is 136 cm³/mol. The molecule has 8 heteroatoms. The third kappa shape index (κ3) is 7.41. The van der Waals surface area contributed by atoms with Crippen LogP contribution in [0.3, 0.4) is 0 Å². The van der Waals surface area contributed by atoms with Crippen LogP contribution in [0.15, 0.2) is 57.6 Å². The van der Waals surface area contributed by atoms with Gasteiger partial charge in [-0.1, -0.05) is 19.9 Å². The first-order chi connectivity index (χ1) is 17.3. The van der Waals surface area contributed by atoms with Gasteiger partial charge < -0.3 is 28.1 Å². The lowest BCUT2D eigenvalue weighted by molar-refractivity contribution is -0.132. The van der Waals surface area contributed by atoms with Crippen molar-refractivity contribution in [3.05, 3.63) is 71.6 Å². The molecule has 0 unspecified atom stereocenters. The Hall–Kier alpha value is -3.68. The molecule has 194 valence electrons. The van der Waals surface area contributed by atoms with E-state index in [9.17, 15) is 9.59 Å². The van der Waals surface area contributed by atoms with Crippen LogP contribution in [0.25, 0.3) is 0 Å². The Balaban J connectivity index is 1.77. The monoisotopic (exact) mass is 496 g/mol. The minimum Gasteiger partial charge on any atom is -0.493 e. The van der Waals surface area contributed by atoms with Gasteiger partial charge in [-0.05, 0) is 67.6 Å². The minimum atomic E-state index is -0.289. The van der Waals surface area contributed by atoms with Crippen LogP contribution in [0.4, 0.5) is 0 Å². The summed E-state index contributed by atoms with van der Waals surface area (Å²) in [5.74, 6) is 2.93. The molecule has 3 aromatic rings. The van der Waals surface area contributed by atoms with E-state index in [4.69, 9.17) is 18.3 Å². The van der Waals surface area contributed by atoms with E-state index in [1.54, 1.807) is 36.2 Å². The van der Waals surface area contributed by atoms with Crippen LogP contribution < -0.4 is 9.47 Å². The van der Waals surface area contributed by atoms with Crippen molar-refractivity contribution in [3.8, 4) is 11.5 Å². The van der Waals surface area contributed by atoms with Crippen molar-refractivity contribution >= 4 is 11.8 Å². The second-order valence-electron chi connectivity index (χ2n) is 9.15. The number of aryl methyl sites for hydroxylation is 1. The topological polar surface area (TPSA) is 85.4 Å². The zero-order chi connectivity index (χ0) is 26.1. The number of hydrogen-bond acceptors (Lipinski definition) is 6. The molecule has 0 fully saturated rings. The third-order valence-corrected chi connectivity index (χ3v) is 5.94. The molecule has 0 saturated heterocycles. The number of nitrogens with zero attached hydrogens (tertiary/aromatic N) is 2. The van der Waals surface area contributed by atoms with Crippen molar-refractivity contribution in [2.45, 2.75) is 40.2 Å². The standard InChI is InChI=1S/C28H36N2O6/c1-20(2)12-14-30(28(32)25-7-6-16-35-25)19-27(31)29(18-23-10-8-21(3)36-23)15-13-22-9-11-24(33-4)26(17-22)34-5/h6-11,16-17,20H,12-15,18-19H2,1-5H3. The number of benzene rings is 1. The Bertz CT molecular complexity index is 1120. The maximum atomic E-state index is 13.5. The molecule has 1 aromatic carbocycles. The average molecular weight is 497 g/mol. The van der Waals surface area contributed by atoms with E-state index in [2.05, 4.69) is 13.8 Å². The molecule has 2 amide bonds. The number of rotatable bonds is 13. The highest BCUT2D eigenvalue weighted by Gasteiger charge is 2.25. The number of methoxy groups -OCH3 is 2. The van der Waals surface area contributed by atoms with Gasteiger partial charge in [0.2, 0.25) is 5.91 Å². The molecule has 0 atom stereocenters. The van der Waals surface area contributed by atoms with Gasteiger partial charge in [0, 0.05) is 13.1 Å². The Morgan fingerprint density at radius 3 is 2.36 bits per heavy atom. The smallest absolute Gasteiger partial charge is 0.290 e. The lowest BCUT2D eigenvalue weighted by Gasteiger charge is -2.27. The second-order valence-corrected chi connectivity index (χ2v) is 9.15. The summed E-state index contributed by atoms with van der Waals surface area (Å²) >= 11 is 0. The molecule has 0 aliphatic rings. The van der Waals surface area contributed by atoms with Crippen molar-refractivity contribution in [3.63, 3.8) is 0 Å². The molecule has 8 nitrogen and oxygen atoms in total. The van der Waals surface area contributed by atoms with E-state index in [1.165, 1.54) is 6.26 Å². The van der Waals surface area contributed by atoms with Gasteiger partial charge in [-0.15, -0.1) is 0 Å². The quantitative estimate of drug-likeness (QED) is 0.333. The molecule has 3 rings (SSSR count). The van der Waals surface area contributed by atoms with E-state index in [0.717, 1.165) is 17.7 Å². The normalized spacial score (nSPS) is 10.9. The Morgan fingerprint density at radius 1 is 0.972 bits per heavy atom. The lowest BCUT2D eigenvalue weighted by atomic mass is 10.1. The summed E-state index contributed by atoms with van der Waals surface area (Å²) in [4.78, 5) is 29.9. The summed E-state index contributed by atoms with van der Waals surface area (Å²) < 4.78 is 21.8. The molecule has 2 heterocycles. The Labute approximate surface area is 212 Å². The molecular formula is C28H36N2O6. The highest BCUT2D eigenvalue weighted by molar-refractivity contribution is 5.94. The van der Waals surface area contributed by atoms with Gasteiger partial charge in [0.1, 0.15) is 18.1 Å². The molecule has 2 aromatic heterocycles.